The van der Waals surface area contributed by atoms with Gasteiger partial charge in [0.2, 0.25) is 0 Å². The molecule has 0 saturated carbocycles. The molecule has 2 atom stereocenters. The first kappa shape index (κ1) is 18.2. The van der Waals surface area contributed by atoms with Gasteiger partial charge >= 0.3 is 0 Å². The van der Waals surface area contributed by atoms with Gasteiger partial charge < -0.3 is 5.73 Å². The zero-order chi connectivity index (χ0) is 15.7. The summed E-state index contributed by atoms with van der Waals surface area (Å²) in [5.74, 6) is 0. The molecule has 2 N–H and O–H groups in total. The number of unbranched alkanes of at least 4 members (excludes halogenated alkanes) is 2. The van der Waals surface area contributed by atoms with Gasteiger partial charge in [-0.1, -0.05) is 57.9 Å². The minimum Gasteiger partial charge on any atom is -0.323 e. The van der Waals surface area contributed by atoms with Crippen LogP contribution in [0.4, 0.5) is 0 Å². The monoisotopic (exact) mass is 290 g/mol. The van der Waals surface area contributed by atoms with E-state index >= 15 is 0 Å². The van der Waals surface area contributed by atoms with E-state index in [9.17, 15) is 0 Å². The third-order valence-corrected chi connectivity index (χ3v) is 4.47. The summed E-state index contributed by atoms with van der Waals surface area (Å²) in [7, 11) is 0. The van der Waals surface area contributed by atoms with E-state index in [0.717, 1.165) is 6.42 Å². The van der Waals surface area contributed by atoms with Gasteiger partial charge in [0.05, 0.1) is 0 Å². The molecule has 0 bridgehead atoms. The molecule has 0 heterocycles. The quantitative estimate of drug-likeness (QED) is 0.685. The molecule has 0 aliphatic carbocycles. The van der Waals surface area contributed by atoms with E-state index in [-0.39, 0.29) is 6.04 Å². The standard InChI is InChI=1S/C19H34N2/c1-5-8-14-21(15-9-6-2)16(4)19(20)18-12-10-17(7-3)11-13-18/h10-13,16,19H,5-9,14-15,20H2,1-4H3. The Kier molecular flexibility index (Phi) is 8.63. The maximum atomic E-state index is 6.53. The van der Waals surface area contributed by atoms with Crippen molar-refractivity contribution in [3.8, 4) is 0 Å². The van der Waals surface area contributed by atoms with E-state index in [4.69, 9.17) is 5.73 Å². The molecule has 0 spiro atoms. The van der Waals surface area contributed by atoms with E-state index in [1.54, 1.807) is 0 Å². The lowest BCUT2D eigenvalue weighted by Gasteiger charge is -2.33. The Balaban J connectivity index is 2.71. The lowest BCUT2D eigenvalue weighted by Crippen LogP contribution is -2.42. The summed E-state index contributed by atoms with van der Waals surface area (Å²) in [6.07, 6.45) is 6.10. The summed E-state index contributed by atoms with van der Waals surface area (Å²) in [6.45, 7) is 11.3. The van der Waals surface area contributed by atoms with Crippen molar-refractivity contribution in [2.24, 2.45) is 5.73 Å². The summed E-state index contributed by atoms with van der Waals surface area (Å²) in [5.41, 5.74) is 9.18. The van der Waals surface area contributed by atoms with Gasteiger partial charge in [-0.2, -0.15) is 0 Å². The molecule has 0 aromatic heterocycles. The van der Waals surface area contributed by atoms with Gasteiger partial charge in [-0.05, 0) is 50.4 Å². The van der Waals surface area contributed by atoms with E-state index in [1.165, 1.54) is 49.9 Å². The molecular formula is C19H34N2. The lowest BCUT2D eigenvalue weighted by molar-refractivity contribution is 0.179. The van der Waals surface area contributed by atoms with Crippen LogP contribution in [0.2, 0.25) is 0 Å². The van der Waals surface area contributed by atoms with Crippen LogP contribution in [0, 0.1) is 0 Å². The highest BCUT2D eigenvalue weighted by Gasteiger charge is 2.21. The van der Waals surface area contributed by atoms with Crippen LogP contribution < -0.4 is 5.73 Å². The smallest absolute Gasteiger partial charge is 0.0450 e. The fourth-order valence-corrected chi connectivity index (χ4v) is 2.72. The first-order valence-electron chi connectivity index (χ1n) is 8.72. The van der Waals surface area contributed by atoms with Gasteiger partial charge in [0, 0.05) is 12.1 Å². The number of benzene rings is 1. The fourth-order valence-electron chi connectivity index (χ4n) is 2.72. The van der Waals surface area contributed by atoms with Crippen LogP contribution in [0.3, 0.4) is 0 Å². The molecule has 2 nitrogen and oxygen atoms in total. The van der Waals surface area contributed by atoms with Crippen molar-refractivity contribution in [2.75, 3.05) is 13.1 Å². The highest BCUT2D eigenvalue weighted by atomic mass is 15.2. The number of nitrogens with zero attached hydrogens (tertiary/aromatic N) is 1. The van der Waals surface area contributed by atoms with Crippen LogP contribution in [0.25, 0.3) is 0 Å². The summed E-state index contributed by atoms with van der Waals surface area (Å²) in [6, 6.07) is 9.34. The Morgan fingerprint density at radius 3 is 1.90 bits per heavy atom. The molecule has 1 rings (SSSR count). The Bertz CT molecular complexity index is 364. The Morgan fingerprint density at radius 1 is 0.952 bits per heavy atom. The first-order valence-corrected chi connectivity index (χ1v) is 8.72. The maximum absolute atomic E-state index is 6.53. The zero-order valence-corrected chi connectivity index (χ0v) is 14.4. The third-order valence-electron chi connectivity index (χ3n) is 4.47. The molecule has 120 valence electrons. The van der Waals surface area contributed by atoms with Crippen LogP contribution in [0.1, 0.15) is 70.5 Å². The molecule has 1 aromatic rings. The van der Waals surface area contributed by atoms with E-state index in [0.29, 0.717) is 6.04 Å². The molecule has 0 aliphatic rings. The first-order chi connectivity index (χ1) is 10.1. The van der Waals surface area contributed by atoms with Crippen molar-refractivity contribution in [1.82, 2.24) is 4.90 Å². The fraction of sp³-hybridized carbons (Fsp3) is 0.684. The summed E-state index contributed by atoms with van der Waals surface area (Å²) in [5, 5.41) is 0. The van der Waals surface area contributed by atoms with Gasteiger partial charge in [-0.15, -0.1) is 0 Å². The average molecular weight is 290 g/mol. The molecule has 0 saturated heterocycles. The summed E-state index contributed by atoms with van der Waals surface area (Å²) >= 11 is 0. The van der Waals surface area contributed by atoms with Gasteiger partial charge in [-0.25, -0.2) is 0 Å². The normalized spacial score (nSPS) is 14.4. The summed E-state index contributed by atoms with van der Waals surface area (Å²) < 4.78 is 0. The molecule has 0 amide bonds. The number of nitrogens with two attached hydrogens (primary N) is 1. The lowest BCUT2D eigenvalue weighted by atomic mass is 9.98. The molecule has 2 heteroatoms. The highest BCUT2D eigenvalue weighted by molar-refractivity contribution is 5.25. The van der Waals surface area contributed by atoms with Crippen molar-refractivity contribution >= 4 is 0 Å². The number of hydrogen-bond donors (Lipinski definition) is 1. The molecule has 2 unspecified atom stereocenters. The zero-order valence-electron chi connectivity index (χ0n) is 14.4. The van der Waals surface area contributed by atoms with Crippen molar-refractivity contribution in [2.45, 2.75) is 71.9 Å². The van der Waals surface area contributed by atoms with Crippen LogP contribution in [0.15, 0.2) is 24.3 Å². The van der Waals surface area contributed by atoms with Gasteiger partial charge in [0.25, 0.3) is 0 Å². The molecule has 21 heavy (non-hydrogen) atoms. The predicted molar refractivity (Wildman–Crippen MR) is 93.6 cm³/mol. The van der Waals surface area contributed by atoms with Crippen LogP contribution >= 0.6 is 0 Å². The van der Waals surface area contributed by atoms with Crippen molar-refractivity contribution in [3.05, 3.63) is 35.4 Å². The van der Waals surface area contributed by atoms with Crippen LogP contribution in [0.5, 0.6) is 0 Å². The Labute approximate surface area is 131 Å². The Morgan fingerprint density at radius 2 is 1.48 bits per heavy atom. The number of rotatable bonds is 10. The topological polar surface area (TPSA) is 29.3 Å². The maximum Gasteiger partial charge on any atom is 0.0450 e. The van der Waals surface area contributed by atoms with Gasteiger partial charge in [0.1, 0.15) is 0 Å². The molecular weight excluding hydrogens is 256 g/mol. The second-order valence-corrected chi connectivity index (χ2v) is 6.10. The highest BCUT2D eigenvalue weighted by Crippen LogP contribution is 2.20. The van der Waals surface area contributed by atoms with Gasteiger partial charge in [0.15, 0.2) is 0 Å². The second-order valence-electron chi connectivity index (χ2n) is 6.10. The number of aryl methyl sites for hydroxylation is 1. The Hall–Kier alpha value is -0.860. The van der Waals surface area contributed by atoms with Gasteiger partial charge in [-0.3, -0.25) is 4.90 Å². The predicted octanol–water partition coefficient (Wildman–Crippen LogP) is 4.54. The second kappa shape index (κ2) is 9.97. The summed E-state index contributed by atoms with van der Waals surface area (Å²) in [4.78, 5) is 2.57. The van der Waals surface area contributed by atoms with E-state index in [2.05, 4.69) is 56.9 Å². The number of hydrogen-bond acceptors (Lipinski definition) is 2. The third kappa shape index (κ3) is 5.80. The molecule has 1 aromatic carbocycles. The largest absolute Gasteiger partial charge is 0.323 e. The van der Waals surface area contributed by atoms with E-state index < -0.39 is 0 Å². The van der Waals surface area contributed by atoms with E-state index in [1.807, 2.05) is 0 Å². The van der Waals surface area contributed by atoms with Crippen LogP contribution in [-0.4, -0.2) is 24.0 Å². The average Bonchev–Trinajstić information content (AvgIpc) is 2.54. The molecule has 0 fully saturated rings. The van der Waals surface area contributed by atoms with Crippen molar-refractivity contribution < 1.29 is 0 Å². The minimum absolute atomic E-state index is 0.101. The van der Waals surface area contributed by atoms with Crippen LogP contribution in [-0.2, 0) is 6.42 Å². The minimum atomic E-state index is 0.101. The van der Waals surface area contributed by atoms with Crippen molar-refractivity contribution in [1.29, 1.82) is 0 Å². The SMILES string of the molecule is CCCCN(CCCC)C(C)C(N)c1ccc(CC)cc1. The molecule has 0 radical (unpaired) electrons. The van der Waals surface area contributed by atoms with Crippen molar-refractivity contribution in [3.63, 3.8) is 0 Å². The molecule has 0 aliphatic heterocycles.